The zero-order valence-electron chi connectivity index (χ0n) is 10.0. The Balaban J connectivity index is 2.18. The van der Waals surface area contributed by atoms with Crippen molar-refractivity contribution >= 4 is 5.91 Å². The van der Waals surface area contributed by atoms with Crippen LogP contribution in [0.5, 0.6) is 0 Å². The first kappa shape index (κ1) is 11.9. The molecule has 1 aliphatic rings. The Morgan fingerprint density at radius 3 is 2.94 bits per heavy atom. The Morgan fingerprint density at radius 1 is 1.53 bits per heavy atom. The van der Waals surface area contributed by atoms with Gasteiger partial charge < -0.3 is 14.2 Å². The molecule has 1 fully saturated rings. The number of ether oxygens (including phenoxy) is 1. The largest absolute Gasteiger partial charge is 0.375 e. The van der Waals surface area contributed by atoms with Crippen molar-refractivity contribution in [2.45, 2.75) is 13.0 Å². The first-order valence-electron chi connectivity index (χ1n) is 5.65. The van der Waals surface area contributed by atoms with Crippen molar-refractivity contribution in [2.24, 2.45) is 7.05 Å². The van der Waals surface area contributed by atoms with E-state index in [1.807, 2.05) is 6.92 Å². The van der Waals surface area contributed by atoms with Gasteiger partial charge in [-0.2, -0.15) is 0 Å². The highest BCUT2D eigenvalue weighted by atomic mass is 16.5. The number of morpholine rings is 1. The Morgan fingerprint density at radius 2 is 2.29 bits per heavy atom. The maximum absolute atomic E-state index is 12.1. The quantitative estimate of drug-likeness (QED) is 0.702. The van der Waals surface area contributed by atoms with Crippen molar-refractivity contribution in [3.63, 3.8) is 0 Å². The fraction of sp³-hybridized carbons (Fsp3) is 0.500. The monoisotopic (exact) mass is 236 g/mol. The second-order valence-corrected chi connectivity index (χ2v) is 4.30. The number of aromatic nitrogens is 1. The molecule has 2 heterocycles. The van der Waals surface area contributed by atoms with Gasteiger partial charge in [-0.3, -0.25) is 9.59 Å². The lowest BCUT2D eigenvalue weighted by Gasteiger charge is -2.31. The van der Waals surface area contributed by atoms with Crippen LogP contribution in [-0.2, 0) is 11.8 Å². The smallest absolute Gasteiger partial charge is 0.254 e. The van der Waals surface area contributed by atoms with E-state index in [-0.39, 0.29) is 17.6 Å². The summed E-state index contributed by atoms with van der Waals surface area (Å²) in [4.78, 5) is 25.3. The van der Waals surface area contributed by atoms with Crippen LogP contribution in [0.2, 0.25) is 0 Å². The molecule has 0 spiro atoms. The van der Waals surface area contributed by atoms with E-state index in [0.29, 0.717) is 25.3 Å². The molecular weight excluding hydrogens is 220 g/mol. The van der Waals surface area contributed by atoms with Crippen LogP contribution in [0.3, 0.4) is 0 Å². The van der Waals surface area contributed by atoms with Gasteiger partial charge in [-0.15, -0.1) is 0 Å². The molecule has 0 aliphatic carbocycles. The van der Waals surface area contributed by atoms with E-state index < -0.39 is 0 Å². The van der Waals surface area contributed by atoms with E-state index in [0.717, 1.165) is 0 Å². The Labute approximate surface area is 99.6 Å². The van der Waals surface area contributed by atoms with Gasteiger partial charge in [0, 0.05) is 38.0 Å². The van der Waals surface area contributed by atoms with Crippen LogP contribution >= 0.6 is 0 Å². The average Bonchev–Trinajstić information content (AvgIpc) is 2.32. The van der Waals surface area contributed by atoms with E-state index in [9.17, 15) is 9.59 Å². The molecule has 0 N–H and O–H groups in total. The molecule has 0 saturated carbocycles. The van der Waals surface area contributed by atoms with Crippen LogP contribution in [-0.4, -0.2) is 41.2 Å². The predicted octanol–water partition coefficient (Wildman–Crippen LogP) is 0.246. The molecular formula is C12H16N2O3. The van der Waals surface area contributed by atoms with Crippen LogP contribution < -0.4 is 5.56 Å². The number of nitrogens with zero attached hydrogens (tertiary/aromatic N) is 2. The molecule has 92 valence electrons. The fourth-order valence-corrected chi connectivity index (χ4v) is 1.87. The second kappa shape index (κ2) is 4.71. The third-order valence-corrected chi connectivity index (χ3v) is 2.88. The minimum atomic E-state index is -0.169. The summed E-state index contributed by atoms with van der Waals surface area (Å²) in [6.07, 6.45) is 1.67. The molecule has 0 aromatic carbocycles. The number of carbonyl (C=O) groups is 1. The average molecular weight is 236 g/mol. The molecule has 1 atom stereocenters. The third-order valence-electron chi connectivity index (χ3n) is 2.88. The fourth-order valence-electron chi connectivity index (χ4n) is 1.87. The zero-order chi connectivity index (χ0) is 12.4. The summed E-state index contributed by atoms with van der Waals surface area (Å²) >= 11 is 0. The molecule has 5 heteroatoms. The van der Waals surface area contributed by atoms with E-state index in [4.69, 9.17) is 4.74 Å². The number of amides is 1. The van der Waals surface area contributed by atoms with Crippen molar-refractivity contribution in [2.75, 3.05) is 19.7 Å². The van der Waals surface area contributed by atoms with Gasteiger partial charge >= 0.3 is 0 Å². The SMILES string of the molecule is CC1CN(C(=O)c2ccn(C)c(=O)c2)CCO1. The van der Waals surface area contributed by atoms with E-state index in [1.165, 1.54) is 10.6 Å². The summed E-state index contributed by atoms with van der Waals surface area (Å²) in [5, 5.41) is 0. The molecule has 0 bridgehead atoms. The van der Waals surface area contributed by atoms with Gasteiger partial charge in [0.2, 0.25) is 0 Å². The molecule has 1 unspecified atom stereocenters. The highest BCUT2D eigenvalue weighted by Crippen LogP contribution is 2.09. The number of hydrogen-bond donors (Lipinski definition) is 0. The summed E-state index contributed by atoms with van der Waals surface area (Å²) in [6, 6.07) is 3.05. The highest BCUT2D eigenvalue weighted by molar-refractivity contribution is 5.94. The van der Waals surface area contributed by atoms with E-state index in [2.05, 4.69) is 0 Å². The number of aryl methyl sites for hydroxylation is 1. The van der Waals surface area contributed by atoms with Gasteiger partial charge in [0.1, 0.15) is 0 Å². The maximum Gasteiger partial charge on any atom is 0.254 e. The van der Waals surface area contributed by atoms with Crippen LogP contribution in [0.25, 0.3) is 0 Å². The van der Waals surface area contributed by atoms with Gasteiger partial charge in [-0.05, 0) is 13.0 Å². The minimum Gasteiger partial charge on any atom is -0.375 e. The molecule has 1 amide bonds. The molecule has 2 rings (SSSR count). The van der Waals surface area contributed by atoms with Crippen LogP contribution in [0, 0.1) is 0 Å². The van der Waals surface area contributed by atoms with Crippen molar-refractivity contribution in [1.29, 1.82) is 0 Å². The highest BCUT2D eigenvalue weighted by Gasteiger charge is 2.22. The van der Waals surface area contributed by atoms with Crippen molar-refractivity contribution in [1.82, 2.24) is 9.47 Å². The van der Waals surface area contributed by atoms with Crippen molar-refractivity contribution in [3.8, 4) is 0 Å². The number of rotatable bonds is 1. The van der Waals surface area contributed by atoms with Gasteiger partial charge in [0.05, 0.1) is 12.7 Å². The van der Waals surface area contributed by atoms with Crippen LogP contribution in [0.4, 0.5) is 0 Å². The first-order chi connectivity index (χ1) is 8.08. The molecule has 1 aromatic rings. The summed E-state index contributed by atoms with van der Waals surface area (Å²) < 4.78 is 6.82. The van der Waals surface area contributed by atoms with Crippen LogP contribution in [0.15, 0.2) is 23.1 Å². The van der Waals surface area contributed by atoms with E-state index >= 15 is 0 Å². The summed E-state index contributed by atoms with van der Waals surface area (Å²) in [5.74, 6) is -0.0992. The Kier molecular flexibility index (Phi) is 3.28. The van der Waals surface area contributed by atoms with Crippen molar-refractivity contribution in [3.05, 3.63) is 34.2 Å². The summed E-state index contributed by atoms with van der Waals surface area (Å²) in [5.41, 5.74) is 0.277. The Bertz CT molecular complexity index is 481. The number of carbonyl (C=O) groups excluding carboxylic acids is 1. The van der Waals surface area contributed by atoms with Gasteiger partial charge in [-0.1, -0.05) is 0 Å². The number of hydrogen-bond acceptors (Lipinski definition) is 3. The van der Waals surface area contributed by atoms with Gasteiger partial charge in [-0.25, -0.2) is 0 Å². The summed E-state index contributed by atoms with van der Waals surface area (Å²) in [7, 11) is 1.66. The molecule has 0 radical (unpaired) electrons. The normalized spacial score (nSPS) is 20.4. The molecule has 17 heavy (non-hydrogen) atoms. The lowest BCUT2D eigenvalue weighted by molar-refractivity contribution is -0.0124. The topological polar surface area (TPSA) is 51.5 Å². The van der Waals surface area contributed by atoms with Gasteiger partial charge in [0.25, 0.3) is 11.5 Å². The molecule has 1 aliphatic heterocycles. The lowest BCUT2D eigenvalue weighted by Crippen LogP contribution is -2.44. The molecule has 1 saturated heterocycles. The van der Waals surface area contributed by atoms with Crippen molar-refractivity contribution < 1.29 is 9.53 Å². The van der Waals surface area contributed by atoms with Crippen LogP contribution in [0.1, 0.15) is 17.3 Å². The third kappa shape index (κ3) is 2.55. The lowest BCUT2D eigenvalue weighted by atomic mass is 10.2. The second-order valence-electron chi connectivity index (χ2n) is 4.30. The standard InChI is InChI=1S/C12H16N2O3/c1-9-8-14(5-6-17-9)12(16)10-3-4-13(2)11(15)7-10/h3-4,7,9H,5-6,8H2,1-2H3. The number of pyridine rings is 1. The maximum atomic E-state index is 12.1. The molecule has 1 aromatic heterocycles. The summed E-state index contributed by atoms with van der Waals surface area (Å²) in [6.45, 7) is 3.65. The first-order valence-corrected chi connectivity index (χ1v) is 5.65. The van der Waals surface area contributed by atoms with Gasteiger partial charge in [0.15, 0.2) is 0 Å². The zero-order valence-corrected chi connectivity index (χ0v) is 10.0. The molecule has 5 nitrogen and oxygen atoms in total. The Hall–Kier alpha value is -1.62. The van der Waals surface area contributed by atoms with E-state index in [1.54, 1.807) is 24.2 Å². The predicted molar refractivity (Wildman–Crippen MR) is 63.0 cm³/mol. The minimum absolute atomic E-state index is 0.0549.